The van der Waals surface area contributed by atoms with Gasteiger partial charge >= 0.3 is 0 Å². The van der Waals surface area contributed by atoms with Gasteiger partial charge in [0.25, 0.3) is 0 Å². The summed E-state index contributed by atoms with van der Waals surface area (Å²) in [6, 6.07) is 17.1. The maximum absolute atomic E-state index is 12.6. The fourth-order valence-corrected chi connectivity index (χ4v) is 3.98. The highest BCUT2D eigenvalue weighted by Gasteiger charge is 2.20. The van der Waals surface area contributed by atoms with Crippen LogP contribution in [0.3, 0.4) is 0 Å². The standard InChI is InChI=1S/C23H34N4O3S.HI/c1-5-24-23(25-15-19(2)17-30-18-20-11-7-6-8-12-20)26-16-21-13-9-10-14-22(21)31(28,29)27(3)4;/h6-14,19H,5,15-18H2,1-4H3,(H2,24,25,26);1H. The van der Waals surface area contributed by atoms with Crippen LogP contribution in [0.1, 0.15) is 25.0 Å². The third-order valence-electron chi connectivity index (χ3n) is 4.61. The van der Waals surface area contributed by atoms with E-state index >= 15 is 0 Å². The molecule has 7 nitrogen and oxygen atoms in total. The largest absolute Gasteiger partial charge is 0.376 e. The Morgan fingerprint density at radius 1 is 1.06 bits per heavy atom. The Morgan fingerprint density at radius 2 is 1.72 bits per heavy atom. The minimum atomic E-state index is -3.52. The first-order chi connectivity index (χ1) is 14.8. The number of nitrogens with zero attached hydrogens (tertiary/aromatic N) is 2. The van der Waals surface area contributed by atoms with E-state index in [9.17, 15) is 8.42 Å². The van der Waals surface area contributed by atoms with Gasteiger partial charge in [-0.15, -0.1) is 24.0 Å². The third kappa shape index (κ3) is 9.05. The number of ether oxygens (including phenoxy) is 1. The molecule has 9 heteroatoms. The minimum absolute atomic E-state index is 0. The molecule has 2 aromatic rings. The van der Waals surface area contributed by atoms with Crippen molar-refractivity contribution in [3.05, 3.63) is 65.7 Å². The van der Waals surface area contributed by atoms with Gasteiger partial charge in [-0.3, -0.25) is 0 Å². The monoisotopic (exact) mass is 574 g/mol. The molecule has 0 spiro atoms. The predicted octanol–water partition coefficient (Wildman–Crippen LogP) is 3.46. The van der Waals surface area contributed by atoms with Gasteiger partial charge in [-0.25, -0.2) is 17.7 Å². The molecule has 0 aliphatic heterocycles. The highest BCUT2D eigenvalue weighted by molar-refractivity contribution is 14.0. The summed E-state index contributed by atoms with van der Waals surface area (Å²) >= 11 is 0. The van der Waals surface area contributed by atoms with Crippen LogP contribution in [-0.4, -0.2) is 52.5 Å². The molecule has 1 unspecified atom stereocenters. The van der Waals surface area contributed by atoms with E-state index in [1.165, 1.54) is 18.4 Å². The summed E-state index contributed by atoms with van der Waals surface area (Å²) in [7, 11) is -0.460. The van der Waals surface area contributed by atoms with Crippen molar-refractivity contribution in [1.29, 1.82) is 0 Å². The Balaban J connectivity index is 0.00000512. The lowest BCUT2D eigenvalue weighted by molar-refractivity contribution is 0.0931. The van der Waals surface area contributed by atoms with Crippen LogP contribution in [-0.2, 0) is 27.9 Å². The summed E-state index contributed by atoms with van der Waals surface area (Å²) in [5.74, 6) is 0.934. The lowest BCUT2D eigenvalue weighted by atomic mass is 10.2. The van der Waals surface area contributed by atoms with Crippen LogP contribution >= 0.6 is 24.0 Å². The van der Waals surface area contributed by atoms with Gasteiger partial charge in [0.1, 0.15) is 0 Å². The zero-order chi connectivity index (χ0) is 22.7. The maximum Gasteiger partial charge on any atom is 0.242 e. The molecule has 0 saturated carbocycles. The quantitative estimate of drug-likeness (QED) is 0.244. The smallest absolute Gasteiger partial charge is 0.242 e. The summed E-state index contributed by atoms with van der Waals surface area (Å²) in [6.07, 6.45) is 0. The summed E-state index contributed by atoms with van der Waals surface area (Å²) in [5.41, 5.74) is 1.82. The first-order valence-corrected chi connectivity index (χ1v) is 11.9. The molecule has 0 aromatic heterocycles. The van der Waals surface area contributed by atoms with Gasteiger partial charge in [0, 0.05) is 27.2 Å². The van der Waals surface area contributed by atoms with E-state index in [4.69, 9.17) is 4.74 Å². The second-order valence-electron chi connectivity index (χ2n) is 7.58. The highest BCUT2D eigenvalue weighted by atomic mass is 127. The molecule has 0 fully saturated rings. The summed E-state index contributed by atoms with van der Waals surface area (Å²) in [5, 5.41) is 6.53. The molecule has 0 saturated heterocycles. The Bertz CT molecular complexity index is 937. The summed E-state index contributed by atoms with van der Waals surface area (Å²) in [6.45, 7) is 6.99. The fraction of sp³-hybridized carbons (Fsp3) is 0.435. The summed E-state index contributed by atoms with van der Waals surface area (Å²) < 4.78 is 32.2. The van der Waals surface area contributed by atoms with E-state index in [-0.39, 0.29) is 41.3 Å². The summed E-state index contributed by atoms with van der Waals surface area (Å²) in [4.78, 5) is 4.87. The molecule has 0 amide bonds. The zero-order valence-corrected chi connectivity index (χ0v) is 22.4. The lowest BCUT2D eigenvalue weighted by Gasteiger charge is -2.17. The third-order valence-corrected chi connectivity index (χ3v) is 6.53. The SMILES string of the molecule is CCNC(=NCc1ccccc1S(=O)(=O)N(C)C)NCC(C)COCc1ccccc1.I. The lowest BCUT2D eigenvalue weighted by Crippen LogP contribution is -2.40. The molecule has 0 radical (unpaired) electrons. The Hall–Kier alpha value is -1.69. The van der Waals surface area contributed by atoms with E-state index in [1.807, 2.05) is 43.3 Å². The van der Waals surface area contributed by atoms with Crippen molar-refractivity contribution in [3.63, 3.8) is 0 Å². The van der Waals surface area contributed by atoms with Crippen molar-refractivity contribution in [2.45, 2.75) is 31.9 Å². The van der Waals surface area contributed by atoms with Gasteiger partial charge in [0.15, 0.2) is 5.96 Å². The second kappa shape index (κ2) is 14.5. The van der Waals surface area contributed by atoms with E-state index in [2.05, 4.69) is 22.5 Å². The van der Waals surface area contributed by atoms with E-state index < -0.39 is 10.0 Å². The molecule has 1 atom stereocenters. The van der Waals surface area contributed by atoms with Crippen LogP contribution in [0.5, 0.6) is 0 Å². The molecule has 0 aliphatic rings. The molecular weight excluding hydrogens is 539 g/mol. The van der Waals surface area contributed by atoms with Crippen LogP contribution < -0.4 is 10.6 Å². The minimum Gasteiger partial charge on any atom is -0.376 e. The molecule has 32 heavy (non-hydrogen) atoms. The number of hydrogen-bond donors (Lipinski definition) is 2. The average Bonchev–Trinajstić information content (AvgIpc) is 2.76. The van der Waals surface area contributed by atoms with Gasteiger partial charge in [-0.2, -0.15) is 0 Å². The number of guanidine groups is 1. The Morgan fingerprint density at radius 3 is 2.38 bits per heavy atom. The van der Waals surface area contributed by atoms with Gasteiger partial charge in [-0.05, 0) is 30.0 Å². The van der Waals surface area contributed by atoms with Crippen molar-refractivity contribution in [2.75, 3.05) is 33.8 Å². The normalized spacial score (nSPS) is 12.8. The second-order valence-corrected chi connectivity index (χ2v) is 9.70. The van der Waals surface area contributed by atoms with Crippen molar-refractivity contribution >= 4 is 40.0 Å². The van der Waals surface area contributed by atoms with E-state index in [0.29, 0.717) is 37.8 Å². The van der Waals surface area contributed by atoms with Crippen molar-refractivity contribution in [2.24, 2.45) is 10.9 Å². The maximum atomic E-state index is 12.6. The topological polar surface area (TPSA) is 83.0 Å². The van der Waals surface area contributed by atoms with Gasteiger partial charge < -0.3 is 15.4 Å². The molecule has 0 bridgehead atoms. The van der Waals surface area contributed by atoms with Crippen LogP contribution in [0.2, 0.25) is 0 Å². The number of benzene rings is 2. The number of hydrogen-bond acceptors (Lipinski definition) is 4. The highest BCUT2D eigenvalue weighted by Crippen LogP contribution is 2.19. The van der Waals surface area contributed by atoms with Crippen LogP contribution in [0.15, 0.2) is 64.5 Å². The first kappa shape index (κ1) is 28.3. The first-order valence-electron chi connectivity index (χ1n) is 10.5. The molecule has 2 rings (SSSR count). The van der Waals surface area contributed by atoms with E-state index in [1.54, 1.807) is 18.2 Å². The predicted molar refractivity (Wildman–Crippen MR) is 141 cm³/mol. The molecule has 178 valence electrons. The van der Waals surface area contributed by atoms with Gasteiger partial charge in [0.05, 0.1) is 24.7 Å². The molecule has 2 N–H and O–H groups in total. The van der Waals surface area contributed by atoms with Crippen LogP contribution in [0.25, 0.3) is 0 Å². The zero-order valence-electron chi connectivity index (χ0n) is 19.2. The van der Waals surface area contributed by atoms with E-state index in [0.717, 1.165) is 5.56 Å². The molecule has 2 aromatic carbocycles. The van der Waals surface area contributed by atoms with Gasteiger partial charge in [0.2, 0.25) is 10.0 Å². The number of nitrogens with one attached hydrogen (secondary N) is 2. The Labute approximate surface area is 209 Å². The number of aliphatic imine (C=N–C) groups is 1. The Kier molecular flexibility index (Phi) is 12.8. The number of halogens is 1. The van der Waals surface area contributed by atoms with Crippen LogP contribution in [0, 0.1) is 5.92 Å². The fourth-order valence-electron chi connectivity index (χ4n) is 2.87. The molecule has 0 heterocycles. The van der Waals surface area contributed by atoms with Gasteiger partial charge in [-0.1, -0.05) is 55.5 Å². The number of sulfonamides is 1. The molecular formula is C23H35IN4O3S. The number of rotatable bonds is 11. The van der Waals surface area contributed by atoms with Crippen molar-refractivity contribution in [1.82, 2.24) is 14.9 Å². The van der Waals surface area contributed by atoms with Crippen molar-refractivity contribution in [3.8, 4) is 0 Å². The molecule has 0 aliphatic carbocycles. The van der Waals surface area contributed by atoms with Crippen LogP contribution in [0.4, 0.5) is 0 Å². The average molecular weight is 575 g/mol. The van der Waals surface area contributed by atoms with Crippen molar-refractivity contribution < 1.29 is 13.2 Å².